The van der Waals surface area contributed by atoms with Crippen LogP contribution in [0.4, 0.5) is 4.39 Å². The van der Waals surface area contributed by atoms with E-state index in [1.165, 1.54) is 12.8 Å². The summed E-state index contributed by atoms with van der Waals surface area (Å²) in [7, 11) is 0. The van der Waals surface area contributed by atoms with Gasteiger partial charge in [0, 0.05) is 19.5 Å². The summed E-state index contributed by atoms with van der Waals surface area (Å²) in [5.74, 6) is 1.30. The van der Waals surface area contributed by atoms with Crippen molar-refractivity contribution in [2.24, 2.45) is 0 Å². The lowest BCUT2D eigenvalue weighted by Crippen LogP contribution is -2.36. The van der Waals surface area contributed by atoms with E-state index in [0.717, 1.165) is 57.0 Å². The van der Waals surface area contributed by atoms with Gasteiger partial charge in [-0.25, -0.2) is 4.39 Å². The number of nitrogens with zero attached hydrogens (tertiary/aromatic N) is 4. The number of hydrogen-bond acceptors (Lipinski definition) is 5. The Hall–Kier alpha value is -1.79. The van der Waals surface area contributed by atoms with Crippen molar-refractivity contribution in [3.8, 4) is 0 Å². The van der Waals surface area contributed by atoms with Crippen LogP contribution < -0.4 is 0 Å². The first kappa shape index (κ1) is 19.0. The van der Waals surface area contributed by atoms with Gasteiger partial charge in [0.05, 0.1) is 6.54 Å². The van der Waals surface area contributed by atoms with Gasteiger partial charge in [0.25, 0.3) is 0 Å². The Kier molecular flexibility index (Phi) is 6.74. The Balaban J connectivity index is 1.51. The summed E-state index contributed by atoms with van der Waals surface area (Å²) < 4.78 is 18.9. The molecule has 1 aromatic carbocycles. The molecule has 0 amide bonds. The highest BCUT2D eigenvalue weighted by molar-refractivity contribution is 5.17. The van der Waals surface area contributed by atoms with Gasteiger partial charge in [0.2, 0.25) is 5.89 Å². The molecule has 0 N–H and O–H groups in total. The average Bonchev–Trinajstić information content (AvgIpc) is 2.91. The van der Waals surface area contributed by atoms with Crippen molar-refractivity contribution in [2.45, 2.75) is 52.1 Å². The summed E-state index contributed by atoms with van der Waals surface area (Å²) in [5, 5.41) is 4.03. The molecule has 1 aliphatic heterocycles. The van der Waals surface area contributed by atoms with Gasteiger partial charge >= 0.3 is 0 Å². The lowest BCUT2D eigenvalue weighted by atomic mass is 10.1. The van der Waals surface area contributed by atoms with Gasteiger partial charge < -0.3 is 9.42 Å². The predicted octanol–water partition coefficient (Wildman–Crippen LogP) is 3.44. The summed E-state index contributed by atoms with van der Waals surface area (Å²) in [5.41, 5.74) is 0.816. The number of benzene rings is 1. The molecule has 1 aliphatic rings. The molecule has 0 radical (unpaired) electrons. The molecule has 3 rings (SSSR count). The maximum atomic E-state index is 13.8. The van der Waals surface area contributed by atoms with Gasteiger partial charge in [0.15, 0.2) is 5.82 Å². The first-order valence-electron chi connectivity index (χ1n) is 9.64. The monoisotopic (exact) mass is 360 g/mol. The third-order valence-electron chi connectivity index (χ3n) is 5.28. The highest BCUT2D eigenvalue weighted by Crippen LogP contribution is 2.19. The van der Waals surface area contributed by atoms with Crippen LogP contribution in [0.15, 0.2) is 28.8 Å². The van der Waals surface area contributed by atoms with Crippen molar-refractivity contribution < 1.29 is 8.91 Å². The van der Waals surface area contributed by atoms with Crippen LogP contribution in [0.2, 0.25) is 0 Å². The van der Waals surface area contributed by atoms with Crippen molar-refractivity contribution in [2.75, 3.05) is 26.2 Å². The van der Waals surface area contributed by atoms with Crippen LogP contribution in [0.3, 0.4) is 0 Å². The third-order valence-corrected chi connectivity index (χ3v) is 5.28. The molecule has 0 unspecified atom stereocenters. The quantitative estimate of drug-likeness (QED) is 0.757. The minimum absolute atomic E-state index is 0.0900. The fourth-order valence-electron chi connectivity index (χ4n) is 3.79. The van der Waals surface area contributed by atoms with Gasteiger partial charge in [-0.05, 0) is 56.9 Å². The number of hydrogen-bond donors (Lipinski definition) is 0. The van der Waals surface area contributed by atoms with Crippen molar-refractivity contribution in [3.63, 3.8) is 0 Å². The molecule has 2 heterocycles. The van der Waals surface area contributed by atoms with Gasteiger partial charge in [-0.3, -0.25) is 4.90 Å². The van der Waals surface area contributed by atoms with Gasteiger partial charge in [-0.1, -0.05) is 30.3 Å². The smallest absolute Gasteiger partial charge is 0.223 e. The zero-order chi connectivity index (χ0) is 18.4. The average molecular weight is 360 g/mol. The highest BCUT2D eigenvalue weighted by Gasteiger charge is 2.23. The Morgan fingerprint density at radius 3 is 2.85 bits per heavy atom. The SMILES string of the molecule is CCN(Cc1noc(C)n1)[C@@H]1CCCN(CCc2ccccc2F)CC1. The lowest BCUT2D eigenvalue weighted by Gasteiger charge is -2.29. The Bertz CT molecular complexity index is 690. The van der Waals surface area contributed by atoms with E-state index in [2.05, 4.69) is 26.9 Å². The van der Waals surface area contributed by atoms with Crippen molar-refractivity contribution in [3.05, 3.63) is 47.4 Å². The van der Waals surface area contributed by atoms with Gasteiger partial charge in [-0.2, -0.15) is 4.98 Å². The highest BCUT2D eigenvalue weighted by atomic mass is 19.1. The minimum atomic E-state index is -0.0900. The normalized spacial score (nSPS) is 19.0. The topological polar surface area (TPSA) is 45.4 Å². The molecule has 6 heteroatoms. The maximum absolute atomic E-state index is 13.8. The molecule has 2 aromatic rings. The van der Waals surface area contributed by atoms with E-state index >= 15 is 0 Å². The van der Waals surface area contributed by atoms with Crippen LogP contribution in [0, 0.1) is 12.7 Å². The standard InChI is InChI=1S/C20H29FN4O/c1-3-25(15-20-22-16(2)26-23-20)18-8-6-12-24(14-11-18)13-10-17-7-4-5-9-19(17)21/h4-5,7,9,18H,3,6,8,10-15H2,1-2H3/t18-/m1/s1. The van der Waals surface area contributed by atoms with Crippen LogP contribution in [0.25, 0.3) is 0 Å². The van der Waals surface area contributed by atoms with E-state index in [-0.39, 0.29) is 5.82 Å². The molecular formula is C20H29FN4O. The molecule has 1 aromatic heterocycles. The number of halogens is 1. The second-order valence-electron chi connectivity index (χ2n) is 7.06. The molecule has 1 fully saturated rings. The van der Waals surface area contributed by atoms with E-state index in [1.54, 1.807) is 12.1 Å². The zero-order valence-corrected chi connectivity index (χ0v) is 15.8. The van der Waals surface area contributed by atoms with E-state index in [9.17, 15) is 4.39 Å². The molecule has 1 atom stereocenters. The summed E-state index contributed by atoms with van der Waals surface area (Å²) >= 11 is 0. The van der Waals surface area contributed by atoms with E-state index in [1.807, 2.05) is 19.1 Å². The van der Waals surface area contributed by atoms with Gasteiger partial charge in [0.1, 0.15) is 5.82 Å². The second kappa shape index (κ2) is 9.24. The van der Waals surface area contributed by atoms with Crippen molar-refractivity contribution in [1.29, 1.82) is 0 Å². The van der Waals surface area contributed by atoms with Crippen molar-refractivity contribution in [1.82, 2.24) is 19.9 Å². The summed E-state index contributed by atoms with van der Waals surface area (Å²) in [4.78, 5) is 9.26. The Labute approximate surface area is 155 Å². The first-order chi connectivity index (χ1) is 12.7. The van der Waals surface area contributed by atoms with E-state index < -0.39 is 0 Å². The van der Waals surface area contributed by atoms with Crippen LogP contribution >= 0.6 is 0 Å². The van der Waals surface area contributed by atoms with E-state index in [4.69, 9.17) is 4.52 Å². The molecule has 0 aliphatic carbocycles. The molecule has 0 bridgehead atoms. The van der Waals surface area contributed by atoms with Crippen LogP contribution in [-0.2, 0) is 13.0 Å². The summed E-state index contributed by atoms with van der Waals surface area (Å²) in [6, 6.07) is 7.64. The van der Waals surface area contributed by atoms with E-state index in [0.29, 0.717) is 11.9 Å². The molecule has 5 nitrogen and oxygen atoms in total. The Morgan fingerprint density at radius 2 is 2.12 bits per heavy atom. The maximum Gasteiger partial charge on any atom is 0.223 e. The summed E-state index contributed by atoms with van der Waals surface area (Å²) in [6.07, 6.45) is 4.25. The number of aromatic nitrogens is 2. The predicted molar refractivity (Wildman–Crippen MR) is 99.3 cm³/mol. The molecule has 0 spiro atoms. The fraction of sp³-hybridized carbons (Fsp3) is 0.600. The largest absolute Gasteiger partial charge is 0.340 e. The number of likely N-dealkylation sites (tertiary alicyclic amines) is 1. The fourth-order valence-corrected chi connectivity index (χ4v) is 3.79. The molecular weight excluding hydrogens is 331 g/mol. The number of aryl methyl sites for hydroxylation is 1. The third kappa shape index (κ3) is 5.11. The van der Waals surface area contributed by atoms with Gasteiger partial charge in [-0.15, -0.1) is 0 Å². The van der Waals surface area contributed by atoms with Crippen LogP contribution in [0.5, 0.6) is 0 Å². The molecule has 1 saturated heterocycles. The molecule has 0 saturated carbocycles. The molecule has 142 valence electrons. The van der Waals surface area contributed by atoms with Crippen LogP contribution in [-0.4, -0.2) is 52.2 Å². The Morgan fingerprint density at radius 1 is 1.27 bits per heavy atom. The second-order valence-corrected chi connectivity index (χ2v) is 7.06. The lowest BCUT2D eigenvalue weighted by molar-refractivity contribution is 0.171. The van der Waals surface area contributed by atoms with Crippen LogP contribution in [0.1, 0.15) is 43.5 Å². The summed E-state index contributed by atoms with van der Waals surface area (Å²) in [6.45, 7) is 8.80. The minimum Gasteiger partial charge on any atom is -0.340 e. The molecule has 26 heavy (non-hydrogen) atoms. The first-order valence-corrected chi connectivity index (χ1v) is 9.64. The zero-order valence-electron chi connectivity index (χ0n) is 15.8. The number of rotatable bonds is 7. The van der Waals surface area contributed by atoms with Crippen molar-refractivity contribution >= 4 is 0 Å².